The molecule has 5 rings (SSSR count). The Morgan fingerprint density at radius 3 is 2.49 bits per heavy atom. The second kappa shape index (κ2) is 12.6. The second-order valence-electron chi connectivity index (χ2n) is 12.0. The Kier molecular flexibility index (Phi) is 8.96. The van der Waals surface area contributed by atoms with E-state index in [-0.39, 0.29) is 0 Å². The first kappa shape index (κ1) is 29.1. The van der Waals surface area contributed by atoms with Gasteiger partial charge in [0.05, 0.1) is 11.8 Å². The van der Waals surface area contributed by atoms with Gasteiger partial charge in [-0.05, 0) is 85.6 Å². The topological polar surface area (TPSA) is 45.7 Å². The SMILES string of the molecule is C/C=C\c1cc(Oc2cc(N3CCN(CC4=C(c5ccc(Cl)cc5)CC(C)(C)CC4)CC3)ccc2C=O)cnc1C. The summed E-state index contributed by atoms with van der Waals surface area (Å²) in [6, 6.07) is 16.2. The summed E-state index contributed by atoms with van der Waals surface area (Å²) in [4.78, 5) is 21.2. The van der Waals surface area contributed by atoms with Crippen molar-refractivity contribution in [1.82, 2.24) is 9.88 Å². The fourth-order valence-electron chi connectivity index (χ4n) is 5.86. The molecule has 0 bridgehead atoms. The molecule has 1 aliphatic heterocycles. The van der Waals surface area contributed by atoms with Gasteiger partial charge < -0.3 is 9.64 Å². The van der Waals surface area contributed by atoms with Crippen LogP contribution in [-0.4, -0.2) is 48.9 Å². The minimum Gasteiger partial charge on any atom is -0.455 e. The van der Waals surface area contributed by atoms with Crippen LogP contribution in [0.2, 0.25) is 5.02 Å². The van der Waals surface area contributed by atoms with Gasteiger partial charge in [0.1, 0.15) is 11.5 Å². The number of carbonyl (C=O) groups excluding carboxylic acids is 1. The van der Waals surface area contributed by atoms with Crippen molar-refractivity contribution >= 4 is 35.2 Å². The average molecular weight is 570 g/mol. The molecule has 1 aliphatic carbocycles. The van der Waals surface area contributed by atoms with Crippen molar-refractivity contribution in [2.24, 2.45) is 5.41 Å². The van der Waals surface area contributed by atoms with Crippen molar-refractivity contribution in [3.05, 3.63) is 93.8 Å². The van der Waals surface area contributed by atoms with Crippen molar-refractivity contribution in [2.75, 3.05) is 37.6 Å². The highest BCUT2D eigenvalue weighted by Crippen LogP contribution is 2.43. The maximum atomic E-state index is 11.8. The number of aldehydes is 1. The molecule has 214 valence electrons. The van der Waals surface area contributed by atoms with Gasteiger partial charge >= 0.3 is 0 Å². The highest BCUT2D eigenvalue weighted by atomic mass is 35.5. The monoisotopic (exact) mass is 569 g/mol. The molecule has 0 atom stereocenters. The summed E-state index contributed by atoms with van der Waals surface area (Å²) in [6.07, 6.45) is 10.0. The van der Waals surface area contributed by atoms with Crippen LogP contribution in [0.3, 0.4) is 0 Å². The lowest BCUT2D eigenvalue weighted by atomic mass is 9.72. The summed E-state index contributed by atoms with van der Waals surface area (Å²) in [5.74, 6) is 1.17. The number of rotatable bonds is 8. The van der Waals surface area contributed by atoms with E-state index in [0.717, 1.165) is 73.8 Å². The number of hydrogen-bond acceptors (Lipinski definition) is 5. The van der Waals surface area contributed by atoms with Gasteiger partial charge in [-0.1, -0.05) is 55.3 Å². The predicted molar refractivity (Wildman–Crippen MR) is 170 cm³/mol. The van der Waals surface area contributed by atoms with Crippen LogP contribution in [0.5, 0.6) is 11.5 Å². The molecule has 2 aliphatic rings. The molecule has 0 spiro atoms. The molecule has 2 aromatic carbocycles. The number of aromatic nitrogens is 1. The molecule has 0 radical (unpaired) electrons. The third-order valence-electron chi connectivity index (χ3n) is 8.33. The van der Waals surface area contributed by atoms with Crippen LogP contribution in [0.25, 0.3) is 11.6 Å². The van der Waals surface area contributed by atoms with E-state index < -0.39 is 0 Å². The van der Waals surface area contributed by atoms with E-state index in [1.165, 1.54) is 17.6 Å². The van der Waals surface area contributed by atoms with Crippen LogP contribution >= 0.6 is 11.6 Å². The number of carbonyl (C=O) groups is 1. The molecule has 0 saturated carbocycles. The maximum Gasteiger partial charge on any atom is 0.153 e. The van der Waals surface area contributed by atoms with Gasteiger partial charge in [0.15, 0.2) is 6.29 Å². The first-order valence-corrected chi connectivity index (χ1v) is 14.9. The number of benzene rings is 2. The molecule has 5 nitrogen and oxygen atoms in total. The van der Waals surface area contributed by atoms with E-state index in [1.807, 2.05) is 62.4 Å². The van der Waals surface area contributed by atoms with E-state index in [1.54, 1.807) is 11.8 Å². The quantitative estimate of drug-likeness (QED) is 0.255. The normalized spacial score (nSPS) is 17.7. The molecule has 3 aromatic rings. The van der Waals surface area contributed by atoms with Gasteiger partial charge in [-0.2, -0.15) is 0 Å². The van der Waals surface area contributed by atoms with E-state index in [0.29, 0.717) is 22.5 Å². The minimum absolute atomic E-state index is 0.313. The summed E-state index contributed by atoms with van der Waals surface area (Å²) < 4.78 is 6.19. The summed E-state index contributed by atoms with van der Waals surface area (Å²) in [7, 11) is 0. The highest BCUT2D eigenvalue weighted by molar-refractivity contribution is 6.30. The van der Waals surface area contributed by atoms with E-state index in [9.17, 15) is 4.79 Å². The molecular weight excluding hydrogens is 530 g/mol. The van der Waals surface area contributed by atoms with Crippen molar-refractivity contribution in [2.45, 2.75) is 47.0 Å². The Balaban J connectivity index is 1.29. The lowest BCUT2D eigenvalue weighted by Gasteiger charge is -2.39. The zero-order chi connectivity index (χ0) is 29.0. The van der Waals surface area contributed by atoms with Gasteiger partial charge in [0.2, 0.25) is 0 Å². The number of anilines is 1. The Morgan fingerprint density at radius 1 is 1.02 bits per heavy atom. The van der Waals surface area contributed by atoms with Crippen molar-refractivity contribution in [3.8, 4) is 11.5 Å². The lowest BCUT2D eigenvalue weighted by molar-refractivity contribution is 0.112. The Bertz CT molecular complexity index is 1450. The number of allylic oxidation sites excluding steroid dienone is 2. The highest BCUT2D eigenvalue weighted by Gasteiger charge is 2.29. The molecule has 6 heteroatoms. The molecular formula is C35H40ClN3O2. The fraction of sp³-hybridized carbons (Fsp3) is 0.371. The minimum atomic E-state index is 0.313. The van der Waals surface area contributed by atoms with E-state index >= 15 is 0 Å². The molecule has 1 aromatic heterocycles. The lowest BCUT2D eigenvalue weighted by Crippen LogP contribution is -2.47. The van der Waals surface area contributed by atoms with Crippen LogP contribution in [0.1, 0.15) is 67.2 Å². The first-order valence-electron chi connectivity index (χ1n) is 14.6. The van der Waals surface area contributed by atoms with Crippen molar-refractivity contribution < 1.29 is 9.53 Å². The van der Waals surface area contributed by atoms with Crippen LogP contribution in [0.4, 0.5) is 5.69 Å². The van der Waals surface area contributed by atoms with Crippen LogP contribution in [0.15, 0.2) is 66.4 Å². The summed E-state index contributed by atoms with van der Waals surface area (Å²) in [5, 5.41) is 0.783. The molecule has 1 fully saturated rings. The number of nitrogens with zero attached hydrogens (tertiary/aromatic N) is 3. The van der Waals surface area contributed by atoms with E-state index in [2.05, 4.69) is 40.8 Å². The fourth-order valence-corrected chi connectivity index (χ4v) is 5.99. The summed E-state index contributed by atoms with van der Waals surface area (Å²) in [5.41, 5.74) is 8.21. The number of hydrogen-bond donors (Lipinski definition) is 0. The second-order valence-corrected chi connectivity index (χ2v) is 12.4. The first-order chi connectivity index (χ1) is 19.7. The van der Waals surface area contributed by atoms with Gasteiger partial charge in [-0.3, -0.25) is 14.7 Å². The summed E-state index contributed by atoms with van der Waals surface area (Å²) >= 11 is 6.19. The van der Waals surface area contributed by atoms with Crippen LogP contribution < -0.4 is 9.64 Å². The number of pyridine rings is 1. The van der Waals surface area contributed by atoms with Crippen molar-refractivity contribution in [1.29, 1.82) is 0 Å². The van der Waals surface area contributed by atoms with Crippen molar-refractivity contribution in [3.63, 3.8) is 0 Å². The average Bonchev–Trinajstić information content (AvgIpc) is 2.96. The third kappa shape index (κ3) is 7.09. The Labute approximate surface area is 249 Å². The smallest absolute Gasteiger partial charge is 0.153 e. The molecule has 2 heterocycles. The largest absolute Gasteiger partial charge is 0.455 e. The maximum absolute atomic E-state index is 11.8. The molecule has 41 heavy (non-hydrogen) atoms. The standard InChI is InChI=1S/C35H40ClN3O2/c1-5-6-27-19-32(22-37-25(27)2)41-34-20-31(12-9-29(34)24-40)39-17-15-38(16-18-39)23-28-13-14-35(3,4)21-33(28)26-7-10-30(36)11-8-26/h5-12,19-20,22,24H,13-18,21,23H2,1-4H3/b6-5-. The molecule has 0 unspecified atom stereocenters. The molecule has 0 amide bonds. The van der Waals surface area contributed by atoms with Gasteiger partial charge in [-0.25, -0.2) is 0 Å². The van der Waals surface area contributed by atoms with Crippen LogP contribution in [-0.2, 0) is 0 Å². The Hall–Kier alpha value is -3.41. The molecule has 1 saturated heterocycles. The number of ether oxygens (including phenoxy) is 1. The predicted octanol–water partition coefficient (Wildman–Crippen LogP) is 8.47. The number of piperazine rings is 1. The Morgan fingerprint density at radius 2 is 1.78 bits per heavy atom. The molecule has 0 N–H and O–H groups in total. The van der Waals surface area contributed by atoms with Gasteiger partial charge in [0, 0.05) is 55.2 Å². The summed E-state index contributed by atoms with van der Waals surface area (Å²) in [6.45, 7) is 13.5. The zero-order valence-corrected chi connectivity index (χ0v) is 25.4. The van der Waals surface area contributed by atoms with Gasteiger partial charge in [-0.15, -0.1) is 0 Å². The number of aryl methyl sites for hydroxylation is 1. The van der Waals surface area contributed by atoms with Crippen LogP contribution in [0, 0.1) is 12.3 Å². The van der Waals surface area contributed by atoms with E-state index in [4.69, 9.17) is 16.3 Å². The zero-order valence-electron chi connectivity index (χ0n) is 24.6. The third-order valence-corrected chi connectivity index (χ3v) is 8.58. The van der Waals surface area contributed by atoms with Gasteiger partial charge in [0.25, 0.3) is 0 Å². The number of halogens is 1.